The Kier molecular flexibility index (Phi) is 3.66. The SMILES string of the molecule is FC(F)c1cc(I)c(Cl)c(Br)n1. The van der Waals surface area contributed by atoms with E-state index in [1.807, 2.05) is 22.6 Å². The summed E-state index contributed by atoms with van der Waals surface area (Å²) in [6.45, 7) is 0. The fourth-order valence-corrected chi connectivity index (χ4v) is 2.06. The van der Waals surface area contributed by atoms with Crippen LogP contribution in [0, 0.1) is 3.57 Å². The highest BCUT2D eigenvalue weighted by Gasteiger charge is 2.13. The summed E-state index contributed by atoms with van der Waals surface area (Å²) in [5.41, 5.74) is -0.268. The third-order valence-corrected chi connectivity index (χ3v) is 3.47. The number of nitrogens with zero attached hydrogens (tertiary/aromatic N) is 1. The molecular weight excluding hydrogens is 366 g/mol. The second-order valence-corrected chi connectivity index (χ2v) is 4.23. The smallest absolute Gasteiger partial charge is 0.238 e. The molecule has 0 spiro atoms. The number of hydrogen-bond donors (Lipinski definition) is 0. The van der Waals surface area contributed by atoms with Gasteiger partial charge in [-0.3, -0.25) is 0 Å². The van der Waals surface area contributed by atoms with E-state index in [1.165, 1.54) is 6.07 Å². The maximum atomic E-state index is 12.1. The minimum atomic E-state index is -2.56. The van der Waals surface area contributed by atoms with E-state index < -0.39 is 6.43 Å². The van der Waals surface area contributed by atoms with Crippen molar-refractivity contribution < 1.29 is 8.78 Å². The van der Waals surface area contributed by atoms with Gasteiger partial charge in [-0.15, -0.1) is 0 Å². The third kappa shape index (κ3) is 2.26. The second kappa shape index (κ2) is 4.15. The first kappa shape index (κ1) is 10.6. The van der Waals surface area contributed by atoms with Gasteiger partial charge in [-0.2, -0.15) is 0 Å². The first-order chi connectivity index (χ1) is 5.52. The molecule has 0 atom stereocenters. The molecule has 0 bridgehead atoms. The van der Waals surface area contributed by atoms with Crippen molar-refractivity contribution >= 4 is 50.1 Å². The summed E-state index contributed by atoms with van der Waals surface area (Å²) < 4.78 is 25.1. The minimum Gasteiger partial charge on any atom is -0.238 e. The molecule has 0 saturated carbocycles. The van der Waals surface area contributed by atoms with Gasteiger partial charge in [0.2, 0.25) is 0 Å². The van der Waals surface area contributed by atoms with Gasteiger partial charge in [-0.05, 0) is 44.6 Å². The van der Waals surface area contributed by atoms with Crippen LogP contribution in [-0.4, -0.2) is 4.98 Å². The molecule has 1 rings (SSSR count). The zero-order valence-electron chi connectivity index (χ0n) is 5.49. The zero-order valence-corrected chi connectivity index (χ0v) is 9.99. The molecule has 0 radical (unpaired) electrons. The Morgan fingerprint density at radius 2 is 2.17 bits per heavy atom. The molecule has 0 N–H and O–H groups in total. The van der Waals surface area contributed by atoms with E-state index in [1.54, 1.807) is 0 Å². The van der Waals surface area contributed by atoms with Crippen LogP contribution in [0.3, 0.4) is 0 Å². The lowest BCUT2D eigenvalue weighted by molar-refractivity contribution is 0.146. The van der Waals surface area contributed by atoms with Gasteiger partial charge in [0.15, 0.2) is 0 Å². The summed E-state index contributed by atoms with van der Waals surface area (Å²) in [5.74, 6) is 0. The number of halogens is 5. The molecule has 0 aromatic carbocycles. The average molecular weight is 368 g/mol. The molecule has 0 aliphatic heterocycles. The lowest BCUT2D eigenvalue weighted by Crippen LogP contribution is -1.93. The van der Waals surface area contributed by atoms with Crippen molar-refractivity contribution in [1.29, 1.82) is 0 Å². The molecule has 1 aromatic rings. The number of aromatic nitrogens is 1. The van der Waals surface area contributed by atoms with Crippen LogP contribution < -0.4 is 0 Å². The predicted molar refractivity (Wildman–Crippen MR) is 54.6 cm³/mol. The Balaban J connectivity index is 3.21. The average Bonchev–Trinajstić information content (AvgIpc) is 1.99. The molecule has 0 fully saturated rings. The van der Waals surface area contributed by atoms with Gasteiger partial charge < -0.3 is 0 Å². The van der Waals surface area contributed by atoms with Gasteiger partial charge in [0, 0.05) is 3.57 Å². The van der Waals surface area contributed by atoms with E-state index >= 15 is 0 Å². The van der Waals surface area contributed by atoms with Crippen molar-refractivity contribution in [2.75, 3.05) is 0 Å². The summed E-state index contributed by atoms with van der Waals surface area (Å²) >= 11 is 10.6. The van der Waals surface area contributed by atoms with Crippen molar-refractivity contribution in [2.24, 2.45) is 0 Å². The Bertz CT molecular complexity index is 285. The molecule has 1 aromatic heterocycles. The third-order valence-electron chi connectivity index (χ3n) is 1.12. The van der Waals surface area contributed by atoms with Crippen LogP contribution >= 0.6 is 50.1 Å². The van der Waals surface area contributed by atoms with E-state index in [-0.39, 0.29) is 10.3 Å². The molecule has 0 aliphatic rings. The Hall–Kier alpha value is 0.510. The van der Waals surface area contributed by atoms with E-state index in [9.17, 15) is 8.78 Å². The molecule has 0 amide bonds. The van der Waals surface area contributed by atoms with Crippen LogP contribution in [0.25, 0.3) is 0 Å². The minimum absolute atomic E-state index is 0.256. The van der Waals surface area contributed by atoms with Crippen molar-refractivity contribution in [3.05, 3.63) is 25.0 Å². The van der Waals surface area contributed by atoms with E-state index in [2.05, 4.69) is 20.9 Å². The van der Waals surface area contributed by atoms with Crippen LogP contribution in [-0.2, 0) is 0 Å². The van der Waals surface area contributed by atoms with Crippen LogP contribution in [0.2, 0.25) is 5.02 Å². The van der Waals surface area contributed by atoms with Crippen molar-refractivity contribution in [1.82, 2.24) is 4.98 Å². The molecule has 0 aliphatic carbocycles. The van der Waals surface area contributed by atoms with Gasteiger partial charge >= 0.3 is 0 Å². The van der Waals surface area contributed by atoms with Gasteiger partial charge in [-0.1, -0.05) is 11.6 Å². The van der Waals surface area contributed by atoms with Gasteiger partial charge in [0.05, 0.1) is 5.02 Å². The molecule has 1 heterocycles. The van der Waals surface area contributed by atoms with Crippen molar-refractivity contribution in [3.8, 4) is 0 Å². The largest absolute Gasteiger partial charge is 0.280 e. The highest BCUT2D eigenvalue weighted by Crippen LogP contribution is 2.29. The summed E-state index contributed by atoms with van der Waals surface area (Å²) in [6.07, 6.45) is -2.56. The van der Waals surface area contributed by atoms with Crippen LogP contribution in [0.5, 0.6) is 0 Å². The summed E-state index contributed by atoms with van der Waals surface area (Å²) in [6, 6.07) is 1.26. The summed E-state index contributed by atoms with van der Waals surface area (Å²) in [5, 5.41) is 0.361. The van der Waals surface area contributed by atoms with Gasteiger partial charge in [-0.25, -0.2) is 13.8 Å². The van der Waals surface area contributed by atoms with E-state index in [0.29, 0.717) is 8.59 Å². The molecule has 66 valence electrons. The normalized spacial score (nSPS) is 10.8. The Morgan fingerprint density at radius 3 is 2.58 bits per heavy atom. The van der Waals surface area contributed by atoms with Gasteiger partial charge in [0.1, 0.15) is 10.3 Å². The van der Waals surface area contributed by atoms with Gasteiger partial charge in [0.25, 0.3) is 6.43 Å². The van der Waals surface area contributed by atoms with Crippen LogP contribution in [0.4, 0.5) is 8.78 Å². The highest BCUT2D eigenvalue weighted by atomic mass is 127. The monoisotopic (exact) mass is 367 g/mol. The fourth-order valence-electron chi connectivity index (χ4n) is 0.598. The number of alkyl halides is 2. The Labute approximate surface area is 94.8 Å². The highest BCUT2D eigenvalue weighted by molar-refractivity contribution is 14.1. The number of hydrogen-bond acceptors (Lipinski definition) is 1. The molecular formula is C6H2BrClF2IN. The standard InChI is InChI=1S/C6H2BrClF2IN/c7-5-4(8)2(11)1-3(12-5)6(9)10/h1,6H. The maximum absolute atomic E-state index is 12.1. The lowest BCUT2D eigenvalue weighted by Gasteiger charge is -2.02. The van der Waals surface area contributed by atoms with Crippen LogP contribution in [0.1, 0.15) is 12.1 Å². The summed E-state index contributed by atoms with van der Waals surface area (Å²) in [4.78, 5) is 3.56. The van der Waals surface area contributed by atoms with E-state index in [0.717, 1.165) is 0 Å². The first-order valence-electron chi connectivity index (χ1n) is 2.82. The molecule has 12 heavy (non-hydrogen) atoms. The predicted octanol–water partition coefficient (Wildman–Crippen LogP) is 4.04. The van der Waals surface area contributed by atoms with Crippen molar-refractivity contribution in [2.45, 2.75) is 6.43 Å². The topological polar surface area (TPSA) is 12.9 Å². The number of pyridine rings is 1. The quantitative estimate of drug-likeness (QED) is 0.539. The van der Waals surface area contributed by atoms with E-state index in [4.69, 9.17) is 11.6 Å². The fraction of sp³-hybridized carbons (Fsp3) is 0.167. The molecule has 6 heteroatoms. The summed E-state index contributed by atoms with van der Waals surface area (Å²) in [7, 11) is 0. The second-order valence-electron chi connectivity index (χ2n) is 1.93. The molecule has 1 nitrogen and oxygen atoms in total. The zero-order chi connectivity index (χ0) is 9.30. The van der Waals surface area contributed by atoms with Crippen molar-refractivity contribution in [3.63, 3.8) is 0 Å². The molecule has 0 saturated heterocycles. The lowest BCUT2D eigenvalue weighted by atomic mass is 10.4. The maximum Gasteiger partial charge on any atom is 0.280 e. The first-order valence-corrected chi connectivity index (χ1v) is 5.07. The molecule has 0 unspecified atom stereocenters. The number of rotatable bonds is 1. The Morgan fingerprint density at radius 1 is 1.58 bits per heavy atom. The van der Waals surface area contributed by atoms with Crippen LogP contribution in [0.15, 0.2) is 10.7 Å².